The third kappa shape index (κ3) is 3.42. The van der Waals surface area contributed by atoms with E-state index < -0.39 is 0 Å². The molecule has 2 aromatic heterocycles. The number of hydrogen-bond donors (Lipinski definition) is 0. The van der Waals surface area contributed by atoms with Crippen LogP contribution in [0.3, 0.4) is 0 Å². The SMILES string of the molecule is COc1ccc([C@H]2CC(=O)c3cn4nc(-c5ccc(C)cc5)nc4nc3C2)cc1OC. The van der Waals surface area contributed by atoms with Crippen molar-refractivity contribution in [2.75, 3.05) is 14.2 Å². The van der Waals surface area contributed by atoms with Crippen LogP contribution in [0.5, 0.6) is 11.5 Å². The molecule has 1 aliphatic carbocycles. The van der Waals surface area contributed by atoms with E-state index >= 15 is 0 Å². The summed E-state index contributed by atoms with van der Waals surface area (Å²) in [5.74, 6) is 2.49. The van der Waals surface area contributed by atoms with E-state index in [1.54, 1.807) is 24.9 Å². The van der Waals surface area contributed by atoms with Crippen molar-refractivity contribution in [1.82, 2.24) is 19.6 Å². The molecule has 2 aromatic carbocycles. The van der Waals surface area contributed by atoms with Crippen LogP contribution in [0, 0.1) is 6.92 Å². The normalized spacial score (nSPS) is 15.7. The molecular weight excluding hydrogens is 392 g/mol. The van der Waals surface area contributed by atoms with Crippen molar-refractivity contribution < 1.29 is 14.3 Å². The molecule has 0 saturated heterocycles. The summed E-state index contributed by atoms with van der Waals surface area (Å²) < 4.78 is 12.4. The van der Waals surface area contributed by atoms with Gasteiger partial charge in [-0.1, -0.05) is 35.9 Å². The average molecular weight is 414 g/mol. The Morgan fingerprint density at radius 3 is 2.48 bits per heavy atom. The number of carbonyl (C=O) groups excluding carboxylic acids is 1. The van der Waals surface area contributed by atoms with E-state index in [9.17, 15) is 4.79 Å². The van der Waals surface area contributed by atoms with Crippen molar-refractivity contribution in [3.8, 4) is 22.9 Å². The number of aromatic nitrogens is 4. The van der Waals surface area contributed by atoms with Crippen molar-refractivity contribution in [3.63, 3.8) is 0 Å². The number of ether oxygens (including phenoxy) is 2. The fourth-order valence-electron chi connectivity index (χ4n) is 4.05. The summed E-state index contributed by atoms with van der Waals surface area (Å²) in [4.78, 5) is 22.2. The highest BCUT2D eigenvalue weighted by molar-refractivity contribution is 5.98. The minimum absolute atomic E-state index is 0.0225. The molecule has 0 spiro atoms. The summed E-state index contributed by atoms with van der Waals surface area (Å²) in [7, 11) is 3.22. The lowest BCUT2D eigenvalue weighted by Crippen LogP contribution is -2.21. The van der Waals surface area contributed by atoms with Crippen LogP contribution in [-0.4, -0.2) is 39.6 Å². The maximum absolute atomic E-state index is 12.9. The lowest BCUT2D eigenvalue weighted by Gasteiger charge is -2.23. The van der Waals surface area contributed by atoms with Gasteiger partial charge in [-0.05, 0) is 37.0 Å². The average Bonchev–Trinajstić information content (AvgIpc) is 3.20. The maximum atomic E-state index is 12.9. The molecule has 156 valence electrons. The molecule has 2 heterocycles. The van der Waals surface area contributed by atoms with E-state index in [-0.39, 0.29) is 11.7 Å². The summed E-state index contributed by atoms with van der Waals surface area (Å²) in [6.07, 6.45) is 2.82. The van der Waals surface area contributed by atoms with Gasteiger partial charge in [0, 0.05) is 18.2 Å². The first-order valence-electron chi connectivity index (χ1n) is 10.1. The number of benzene rings is 2. The van der Waals surface area contributed by atoms with E-state index in [2.05, 4.69) is 10.1 Å². The zero-order chi connectivity index (χ0) is 21.5. The molecule has 7 nitrogen and oxygen atoms in total. The van der Waals surface area contributed by atoms with E-state index in [0.29, 0.717) is 41.5 Å². The Balaban J connectivity index is 1.51. The largest absolute Gasteiger partial charge is 0.493 e. The number of ketones is 1. The predicted octanol–water partition coefficient (Wildman–Crippen LogP) is 4.03. The highest BCUT2D eigenvalue weighted by Gasteiger charge is 2.29. The van der Waals surface area contributed by atoms with Gasteiger partial charge in [0.2, 0.25) is 0 Å². The minimum atomic E-state index is 0.0225. The Morgan fingerprint density at radius 1 is 0.968 bits per heavy atom. The molecule has 0 fully saturated rings. The third-order valence-corrected chi connectivity index (χ3v) is 5.77. The topological polar surface area (TPSA) is 78.6 Å². The van der Waals surface area contributed by atoms with Gasteiger partial charge >= 0.3 is 0 Å². The molecule has 0 aliphatic heterocycles. The number of Topliss-reactive ketones (excluding diaryl/α,β-unsaturated/α-hetero) is 1. The molecule has 31 heavy (non-hydrogen) atoms. The Hall–Kier alpha value is -3.74. The van der Waals surface area contributed by atoms with Gasteiger partial charge in [0.05, 0.1) is 25.5 Å². The molecule has 7 heteroatoms. The van der Waals surface area contributed by atoms with Crippen molar-refractivity contribution >= 4 is 11.6 Å². The van der Waals surface area contributed by atoms with Gasteiger partial charge in [-0.25, -0.2) is 9.50 Å². The van der Waals surface area contributed by atoms with Crippen LogP contribution in [0.2, 0.25) is 0 Å². The third-order valence-electron chi connectivity index (χ3n) is 5.77. The number of aryl methyl sites for hydroxylation is 1. The maximum Gasteiger partial charge on any atom is 0.252 e. The Morgan fingerprint density at radius 2 is 1.74 bits per heavy atom. The smallest absolute Gasteiger partial charge is 0.252 e. The van der Waals surface area contributed by atoms with Gasteiger partial charge in [0.1, 0.15) is 0 Å². The zero-order valence-corrected chi connectivity index (χ0v) is 17.6. The van der Waals surface area contributed by atoms with Crippen LogP contribution in [0.4, 0.5) is 0 Å². The second-order valence-corrected chi connectivity index (χ2v) is 7.79. The first-order valence-corrected chi connectivity index (χ1v) is 10.1. The Labute approximate surface area is 179 Å². The van der Waals surface area contributed by atoms with Crippen LogP contribution in [-0.2, 0) is 6.42 Å². The fourth-order valence-corrected chi connectivity index (χ4v) is 4.05. The summed E-state index contributed by atoms with van der Waals surface area (Å²) in [6, 6.07) is 13.8. The monoisotopic (exact) mass is 414 g/mol. The second-order valence-electron chi connectivity index (χ2n) is 7.79. The van der Waals surface area contributed by atoms with Gasteiger partial charge in [-0.15, -0.1) is 5.10 Å². The number of rotatable bonds is 4. The summed E-state index contributed by atoms with van der Waals surface area (Å²) in [6.45, 7) is 2.04. The highest BCUT2D eigenvalue weighted by Crippen LogP contribution is 2.36. The van der Waals surface area contributed by atoms with Gasteiger partial charge < -0.3 is 9.47 Å². The summed E-state index contributed by atoms with van der Waals surface area (Å²) in [5, 5.41) is 4.53. The quantitative estimate of drug-likeness (QED) is 0.502. The highest BCUT2D eigenvalue weighted by atomic mass is 16.5. The lowest BCUT2D eigenvalue weighted by atomic mass is 9.82. The molecule has 1 aliphatic rings. The molecule has 0 unspecified atom stereocenters. The van der Waals surface area contributed by atoms with Crippen LogP contribution < -0.4 is 9.47 Å². The van der Waals surface area contributed by atoms with Crippen LogP contribution in [0.25, 0.3) is 17.2 Å². The van der Waals surface area contributed by atoms with Gasteiger partial charge in [-0.2, -0.15) is 4.98 Å². The zero-order valence-electron chi connectivity index (χ0n) is 17.6. The van der Waals surface area contributed by atoms with E-state index in [1.165, 1.54) is 5.56 Å². The molecule has 0 amide bonds. The number of carbonyl (C=O) groups is 1. The summed E-state index contributed by atoms with van der Waals surface area (Å²) >= 11 is 0. The fraction of sp³-hybridized carbons (Fsp3) is 0.250. The first kappa shape index (κ1) is 19.2. The molecular formula is C24H22N4O3. The number of nitrogens with zero attached hydrogens (tertiary/aromatic N) is 4. The molecule has 0 bridgehead atoms. The van der Waals surface area contributed by atoms with Gasteiger partial charge in [-0.3, -0.25) is 4.79 Å². The van der Waals surface area contributed by atoms with Crippen LogP contribution in [0.15, 0.2) is 48.7 Å². The minimum Gasteiger partial charge on any atom is -0.493 e. The molecule has 4 aromatic rings. The Kier molecular flexibility index (Phi) is 4.66. The standard InChI is InChI=1S/C24H22N4O3/c1-14-4-6-15(7-5-14)23-26-24-25-19-10-17(11-20(29)18(19)13-28(24)27-23)16-8-9-21(30-2)22(12-16)31-3/h4-9,12-13,17H,10-11H2,1-3H3/t17-/m1/s1. The van der Waals surface area contributed by atoms with Crippen molar-refractivity contribution in [2.24, 2.45) is 0 Å². The van der Waals surface area contributed by atoms with Crippen LogP contribution in [0.1, 0.15) is 39.5 Å². The van der Waals surface area contributed by atoms with Crippen molar-refractivity contribution in [2.45, 2.75) is 25.7 Å². The first-order chi connectivity index (χ1) is 15.1. The molecule has 0 N–H and O–H groups in total. The lowest BCUT2D eigenvalue weighted by molar-refractivity contribution is 0.0962. The van der Waals surface area contributed by atoms with Gasteiger partial charge in [0.25, 0.3) is 5.78 Å². The van der Waals surface area contributed by atoms with Crippen molar-refractivity contribution in [1.29, 1.82) is 0 Å². The number of fused-ring (bicyclic) bond motifs is 2. The molecule has 5 rings (SSSR count). The number of hydrogen-bond acceptors (Lipinski definition) is 6. The molecule has 1 atom stereocenters. The summed E-state index contributed by atoms with van der Waals surface area (Å²) in [5.41, 5.74) is 4.49. The van der Waals surface area contributed by atoms with Crippen molar-refractivity contribution in [3.05, 3.63) is 71.0 Å². The van der Waals surface area contributed by atoms with Gasteiger partial charge in [0.15, 0.2) is 23.1 Å². The van der Waals surface area contributed by atoms with Crippen LogP contribution >= 0.6 is 0 Å². The molecule has 0 radical (unpaired) electrons. The Bertz CT molecular complexity index is 1290. The predicted molar refractivity (Wildman–Crippen MR) is 116 cm³/mol. The number of methoxy groups -OCH3 is 2. The van der Waals surface area contributed by atoms with E-state index in [0.717, 1.165) is 16.8 Å². The second kappa shape index (κ2) is 7.50. The molecule has 0 saturated carbocycles. The van der Waals surface area contributed by atoms with E-state index in [1.807, 2.05) is 49.4 Å². The van der Waals surface area contributed by atoms with E-state index in [4.69, 9.17) is 14.5 Å².